The van der Waals surface area contributed by atoms with Crippen LogP contribution in [0.5, 0.6) is 5.75 Å². The fraction of sp³-hybridized carbons (Fsp3) is 0.200. The zero-order valence-corrected chi connectivity index (χ0v) is 8.37. The Morgan fingerprint density at radius 2 is 1.93 bits per heavy atom. The van der Waals surface area contributed by atoms with E-state index >= 15 is 0 Å². The average Bonchev–Trinajstić information content (AvgIpc) is 2.13. The van der Waals surface area contributed by atoms with Crippen LogP contribution in [0.1, 0.15) is 11.3 Å². The van der Waals surface area contributed by atoms with Gasteiger partial charge in [-0.05, 0) is 13.8 Å². The third kappa shape index (κ3) is 1.32. The molecule has 0 unspecified atom stereocenters. The first-order valence-electron chi connectivity index (χ1n) is 4.46. The minimum absolute atomic E-state index is 0.110. The molecule has 0 aliphatic carbocycles. The molecule has 2 aromatic rings. The van der Waals surface area contributed by atoms with Crippen LogP contribution in [0.4, 0.5) is 0 Å². The number of aromatic hydroxyl groups is 1. The van der Waals surface area contributed by atoms with Crippen LogP contribution in [0.25, 0.3) is 5.65 Å². The molecule has 2 N–H and O–H groups in total. The Hall–Kier alpha value is -2.04. The zero-order chi connectivity index (χ0) is 11.2. The summed E-state index contributed by atoms with van der Waals surface area (Å²) in [6.07, 6.45) is 0. The van der Waals surface area contributed by atoms with E-state index in [1.54, 1.807) is 6.92 Å². The molecule has 2 heterocycles. The fourth-order valence-electron chi connectivity index (χ4n) is 1.55. The smallest absolute Gasteiger partial charge is 0.263 e. The molecule has 0 aromatic carbocycles. The van der Waals surface area contributed by atoms with Crippen molar-refractivity contribution in [2.75, 3.05) is 0 Å². The molecule has 0 aliphatic rings. The van der Waals surface area contributed by atoms with E-state index in [-0.39, 0.29) is 22.4 Å². The summed E-state index contributed by atoms with van der Waals surface area (Å²) in [7, 11) is 0. The van der Waals surface area contributed by atoms with E-state index < -0.39 is 0 Å². The lowest BCUT2D eigenvalue weighted by Crippen LogP contribution is -2.22. The van der Waals surface area contributed by atoms with Crippen molar-refractivity contribution in [3.05, 3.63) is 44.1 Å². The van der Waals surface area contributed by atoms with Gasteiger partial charge in [-0.15, -0.1) is 0 Å². The van der Waals surface area contributed by atoms with Gasteiger partial charge in [-0.25, -0.2) is 0 Å². The van der Waals surface area contributed by atoms with Gasteiger partial charge in [-0.3, -0.25) is 14.0 Å². The van der Waals surface area contributed by atoms with Crippen molar-refractivity contribution < 1.29 is 5.11 Å². The van der Waals surface area contributed by atoms with Gasteiger partial charge in [0, 0.05) is 17.8 Å². The number of pyridine rings is 1. The highest BCUT2D eigenvalue weighted by molar-refractivity contribution is 5.47. The van der Waals surface area contributed by atoms with E-state index in [1.165, 1.54) is 23.5 Å². The van der Waals surface area contributed by atoms with Crippen LogP contribution in [0.2, 0.25) is 0 Å². The minimum atomic E-state index is -0.321. The minimum Gasteiger partial charge on any atom is -0.507 e. The molecule has 2 rings (SSSR count). The number of nitrogens with zero attached hydrogens (tertiary/aromatic N) is 1. The van der Waals surface area contributed by atoms with Gasteiger partial charge in [0.15, 0.2) is 0 Å². The van der Waals surface area contributed by atoms with Crippen molar-refractivity contribution >= 4 is 5.65 Å². The molecule has 15 heavy (non-hydrogen) atoms. The summed E-state index contributed by atoms with van der Waals surface area (Å²) in [6.45, 7) is 3.20. The second-order valence-corrected chi connectivity index (χ2v) is 3.46. The number of H-pyrrole nitrogens is 1. The van der Waals surface area contributed by atoms with Crippen LogP contribution < -0.4 is 11.1 Å². The predicted molar refractivity (Wildman–Crippen MR) is 55.4 cm³/mol. The summed E-state index contributed by atoms with van der Waals surface area (Å²) >= 11 is 0. The highest BCUT2D eigenvalue weighted by atomic mass is 16.3. The maximum Gasteiger partial charge on any atom is 0.263 e. The van der Waals surface area contributed by atoms with E-state index in [0.29, 0.717) is 11.3 Å². The molecule has 78 valence electrons. The van der Waals surface area contributed by atoms with Crippen LogP contribution in [0.15, 0.2) is 21.7 Å². The number of aromatic amines is 1. The highest BCUT2D eigenvalue weighted by Crippen LogP contribution is 2.13. The molecule has 0 atom stereocenters. The molecule has 0 radical (unpaired) electrons. The van der Waals surface area contributed by atoms with Crippen LogP contribution in [-0.2, 0) is 0 Å². The zero-order valence-electron chi connectivity index (χ0n) is 8.37. The van der Waals surface area contributed by atoms with Crippen LogP contribution in [-0.4, -0.2) is 14.5 Å². The van der Waals surface area contributed by atoms with E-state index in [4.69, 9.17) is 0 Å². The highest BCUT2D eigenvalue weighted by Gasteiger charge is 2.08. The van der Waals surface area contributed by atoms with Gasteiger partial charge in [-0.2, -0.15) is 0 Å². The van der Waals surface area contributed by atoms with Gasteiger partial charge in [0.1, 0.15) is 11.4 Å². The number of aromatic nitrogens is 2. The first kappa shape index (κ1) is 9.51. The second-order valence-electron chi connectivity index (χ2n) is 3.46. The largest absolute Gasteiger partial charge is 0.507 e. The van der Waals surface area contributed by atoms with Crippen LogP contribution in [0.3, 0.4) is 0 Å². The first-order chi connectivity index (χ1) is 7.00. The van der Waals surface area contributed by atoms with E-state index in [9.17, 15) is 14.7 Å². The van der Waals surface area contributed by atoms with Gasteiger partial charge in [0.05, 0.1) is 5.56 Å². The number of hydrogen-bond donors (Lipinski definition) is 2. The van der Waals surface area contributed by atoms with Gasteiger partial charge in [0.25, 0.3) is 11.1 Å². The fourth-order valence-corrected chi connectivity index (χ4v) is 1.55. The normalized spacial score (nSPS) is 10.8. The number of fused-ring (bicyclic) bond motifs is 1. The lowest BCUT2D eigenvalue weighted by atomic mass is 10.2. The van der Waals surface area contributed by atoms with Gasteiger partial charge < -0.3 is 10.1 Å². The molecule has 5 heteroatoms. The number of nitrogens with one attached hydrogen (secondary N) is 1. The quantitative estimate of drug-likeness (QED) is 0.651. The van der Waals surface area contributed by atoms with Crippen molar-refractivity contribution in [2.24, 2.45) is 0 Å². The number of rotatable bonds is 0. The molecule has 0 bridgehead atoms. The Kier molecular flexibility index (Phi) is 1.89. The van der Waals surface area contributed by atoms with E-state index in [1.807, 2.05) is 0 Å². The van der Waals surface area contributed by atoms with Gasteiger partial charge in [0.2, 0.25) is 0 Å². The molecule has 0 aliphatic heterocycles. The summed E-state index contributed by atoms with van der Waals surface area (Å²) < 4.78 is 1.36. The summed E-state index contributed by atoms with van der Waals surface area (Å²) in [5.74, 6) is -0.110. The van der Waals surface area contributed by atoms with Crippen LogP contribution >= 0.6 is 0 Å². The lowest BCUT2D eigenvalue weighted by molar-refractivity contribution is 0.469. The summed E-state index contributed by atoms with van der Waals surface area (Å²) in [6, 6.07) is 2.70. The van der Waals surface area contributed by atoms with Gasteiger partial charge >= 0.3 is 0 Å². The van der Waals surface area contributed by atoms with E-state index in [2.05, 4.69) is 4.98 Å². The molecule has 5 nitrogen and oxygen atoms in total. The SMILES string of the molecule is Cc1c(O)cc2[nH]c(=O)cc(C)n2c1=O. The lowest BCUT2D eigenvalue weighted by Gasteiger charge is -2.06. The van der Waals surface area contributed by atoms with Crippen molar-refractivity contribution in [1.29, 1.82) is 0 Å². The number of hydrogen-bond acceptors (Lipinski definition) is 3. The van der Waals surface area contributed by atoms with Crippen LogP contribution in [0, 0.1) is 13.8 Å². The molecule has 0 spiro atoms. The first-order valence-corrected chi connectivity index (χ1v) is 4.46. The van der Waals surface area contributed by atoms with Crippen molar-refractivity contribution in [1.82, 2.24) is 9.38 Å². The summed E-state index contributed by atoms with van der Waals surface area (Å²) in [4.78, 5) is 25.4. The van der Waals surface area contributed by atoms with Crippen molar-refractivity contribution in [3.63, 3.8) is 0 Å². The molecule has 0 saturated carbocycles. The monoisotopic (exact) mass is 206 g/mol. The maximum atomic E-state index is 11.8. The molecular formula is C10H10N2O3. The molecule has 0 saturated heterocycles. The average molecular weight is 206 g/mol. The van der Waals surface area contributed by atoms with Gasteiger partial charge in [-0.1, -0.05) is 0 Å². The molecule has 0 fully saturated rings. The standard InChI is InChI=1S/C10H10N2O3/c1-5-3-9(14)11-8-4-7(13)6(2)10(15)12(5)8/h3-4,13H,1-2H3,(H,11,14). The Labute approximate surface area is 84.6 Å². The molecule has 0 amide bonds. The molecular weight excluding hydrogens is 196 g/mol. The summed E-state index contributed by atoms with van der Waals surface area (Å²) in [5, 5.41) is 9.44. The topological polar surface area (TPSA) is 74.6 Å². The van der Waals surface area contributed by atoms with Crippen molar-refractivity contribution in [2.45, 2.75) is 13.8 Å². The summed E-state index contributed by atoms with van der Waals surface area (Å²) in [5.41, 5.74) is 0.492. The number of aryl methyl sites for hydroxylation is 1. The third-order valence-corrected chi connectivity index (χ3v) is 2.37. The van der Waals surface area contributed by atoms with Crippen molar-refractivity contribution in [3.8, 4) is 5.75 Å². The van der Waals surface area contributed by atoms with E-state index in [0.717, 1.165) is 0 Å². The maximum absolute atomic E-state index is 11.8. The predicted octanol–water partition coefficient (Wildman–Crippen LogP) is 0.310. The second kappa shape index (κ2) is 2.98. The Morgan fingerprint density at radius 3 is 2.60 bits per heavy atom. The Balaban J connectivity index is 3.13. The molecule has 2 aromatic heterocycles. The third-order valence-electron chi connectivity index (χ3n) is 2.37. The Morgan fingerprint density at radius 1 is 1.27 bits per heavy atom. The Bertz CT molecular complexity index is 652.